The van der Waals surface area contributed by atoms with Crippen molar-refractivity contribution in [3.63, 3.8) is 0 Å². The third kappa shape index (κ3) is 38.8. The minimum Gasteiger partial charge on any atom is -0.756 e. The summed E-state index contributed by atoms with van der Waals surface area (Å²) in [6.45, 7) is 4.00. The smallest absolute Gasteiger partial charge is 0.306 e. The van der Waals surface area contributed by atoms with Gasteiger partial charge in [-0.25, -0.2) is 0 Å². The fourth-order valence-electron chi connectivity index (χ4n) is 6.30. The maximum absolute atomic E-state index is 12.7. The van der Waals surface area contributed by atoms with Crippen molar-refractivity contribution >= 4 is 19.8 Å². The molecule has 3 unspecified atom stereocenters. The quantitative estimate of drug-likeness (QED) is 0.0147. The molecule has 0 aromatic carbocycles. The number of phosphoric acid groups is 1. The number of allylic oxidation sites excluding steroid dienone is 10. The number of ether oxygens (including phenoxy) is 3. The molecule has 1 aliphatic heterocycles. The molecule has 10 nitrogen and oxygen atoms in total. The van der Waals surface area contributed by atoms with Gasteiger partial charge in [0.2, 0.25) is 0 Å². The van der Waals surface area contributed by atoms with Crippen molar-refractivity contribution in [1.82, 2.24) is 0 Å². The summed E-state index contributed by atoms with van der Waals surface area (Å²) in [6.07, 6.45) is 49.8. The summed E-state index contributed by atoms with van der Waals surface area (Å²) in [7, 11) is 1.10. The number of likely N-dealkylation sites (N-methyl/N-ethyl adjacent to an activating group) is 1. The van der Waals surface area contributed by atoms with Crippen molar-refractivity contribution in [1.29, 1.82) is 0 Å². The Morgan fingerprint density at radius 3 is 1.69 bits per heavy atom. The van der Waals surface area contributed by atoms with Crippen LogP contribution in [-0.2, 0) is 37.4 Å². The van der Waals surface area contributed by atoms with E-state index in [2.05, 4.69) is 74.6 Å². The number of carbonyl (C=O) groups excluding carboxylic acids is 2. The molecular formula is C50H86NO9P. The summed E-state index contributed by atoms with van der Waals surface area (Å²) in [5.41, 5.74) is 0. The van der Waals surface area contributed by atoms with Gasteiger partial charge in [-0.2, -0.15) is 0 Å². The number of nitrogens with zero attached hydrogens (tertiary/aromatic N) is 1. The lowest BCUT2D eigenvalue weighted by Crippen LogP contribution is -2.37. The molecule has 11 heteroatoms. The Labute approximate surface area is 372 Å². The van der Waals surface area contributed by atoms with Crippen LogP contribution in [0, 0.1) is 0 Å². The van der Waals surface area contributed by atoms with E-state index in [4.69, 9.17) is 23.3 Å². The first kappa shape index (κ1) is 56.4. The molecular weight excluding hydrogens is 790 g/mol. The Bertz CT molecular complexity index is 1330. The van der Waals surface area contributed by atoms with Gasteiger partial charge >= 0.3 is 11.9 Å². The Kier molecular flexibility index (Phi) is 35.1. The Morgan fingerprint density at radius 2 is 1.11 bits per heavy atom. The number of phosphoric ester groups is 1. The summed E-state index contributed by atoms with van der Waals surface area (Å²) < 4.78 is 39.5. The zero-order valence-electron chi connectivity index (χ0n) is 39.0. The van der Waals surface area contributed by atoms with Crippen LogP contribution in [0.15, 0.2) is 72.9 Å². The number of carbonyl (C=O) groups is 2. The van der Waals surface area contributed by atoms with Gasteiger partial charge in [-0.05, 0) is 77.0 Å². The number of quaternary nitrogens is 1. The molecule has 0 aromatic heterocycles. The van der Waals surface area contributed by atoms with Crippen LogP contribution in [0.2, 0.25) is 0 Å². The van der Waals surface area contributed by atoms with E-state index in [1.54, 1.807) is 0 Å². The number of hydrogen-bond acceptors (Lipinski definition) is 9. The summed E-state index contributed by atoms with van der Waals surface area (Å²) in [5, 5.41) is 0. The molecule has 61 heavy (non-hydrogen) atoms. The number of esters is 2. The maximum Gasteiger partial charge on any atom is 0.306 e. The lowest BCUT2D eigenvalue weighted by molar-refractivity contribution is -0.870. The third-order valence-corrected chi connectivity index (χ3v) is 11.1. The highest BCUT2D eigenvalue weighted by atomic mass is 31.2. The fourth-order valence-corrected chi connectivity index (χ4v) is 7.03. The van der Waals surface area contributed by atoms with Crippen LogP contribution in [-0.4, -0.2) is 82.2 Å². The molecule has 0 amide bonds. The molecule has 0 radical (unpaired) electrons. The molecule has 1 heterocycles. The largest absolute Gasteiger partial charge is 0.756 e. The Morgan fingerprint density at radius 1 is 0.607 bits per heavy atom. The average molecular weight is 876 g/mol. The van der Waals surface area contributed by atoms with E-state index in [0.29, 0.717) is 36.1 Å². The number of rotatable bonds is 41. The Balaban J connectivity index is 2.31. The minimum absolute atomic E-state index is 0.0503. The molecule has 0 aromatic rings. The zero-order valence-corrected chi connectivity index (χ0v) is 39.9. The fraction of sp³-hybridized carbons (Fsp3) is 0.720. The van der Waals surface area contributed by atoms with Crippen molar-refractivity contribution in [2.24, 2.45) is 0 Å². The predicted octanol–water partition coefficient (Wildman–Crippen LogP) is 12.2. The van der Waals surface area contributed by atoms with Crippen molar-refractivity contribution in [3.8, 4) is 0 Å². The lowest BCUT2D eigenvalue weighted by Gasteiger charge is -2.28. The van der Waals surface area contributed by atoms with Gasteiger partial charge in [0.05, 0.1) is 40.0 Å². The van der Waals surface area contributed by atoms with Gasteiger partial charge in [0, 0.05) is 12.8 Å². The van der Waals surface area contributed by atoms with E-state index in [1.807, 2.05) is 33.3 Å². The monoisotopic (exact) mass is 876 g/mol. The molecule has 0 spiro atoms. The van der Waals surface area contributed by atoms with Crippen molar-refractivity contribution < 1.29 is 46.8 Å². The first-order chi connectivity index (χ1) is 29.5. The molecule has 0 bridgehead atoms. The molecule has 1 fully saturated rings. The van der Waals surface area contributed by atoms with E-state index in [-0.39, 0.29) is 26.1 Å². The number of epoxide rings is 1. The molecule has 0 N–H and O–H groups in total. The molecule has 1 rings (SSSR count). The summed E-state index contributed by atoms with van der Waals surface area (Å²) in [4.78, 5) is 37.6. The van der Waals surface area contributed by atoms with Gasteiger partial charge in [0.1, 0.15) is 19.8 Å². The van der Waals surface area contributed by atoms with E-state index in [9.17, 15) is 19.0 Å². The third-order valence-electron chi connectivity index (χ3n) is 10.1. The van der Waals surface area contributed by atoms with Crippen LogP contribution in [0.5, 0.6) is 0 Å². The lowest BCUT2D eigenvalue weighted by atomic mass is 10.1. The zero-order chi connectivity index (χ0) is 44.7. The molecule has 4 atom stereocenters. The van der Waals surface area contributed by atoms with Gasteiger partial charge in [0.25, 0.3) is 7.82 Å². The predicted molar refractivity (Wildman–Crippen MR) is 249 cm³/mol. The first-order valence-corrected chi connectivity index (χ1v) is 25.2. The van der Waals surface area contributed by atoms with E-state index in [0.717, 1.165) is 64.2 Å². The van der Waals surface area contributed by atoms with Gasteiger partial charge < -0.3 is 32.6 Å². The van der Waals surface area contributed by atoms with E-state index < -0.39 is 32.5 Å². The van der Waals surface area contributed by atoms with E-state index in [1.165, 1.54) is 64.2 Å². The second-order valence-electron chi connectivity index (χ2n) is 17.1. The van der Waals surface area contributed by atoms with Crippen LogP contribution < -0.4 is 4.89 Å². The highest BCUT2D eigenvalue weighted by Gasteiger charge is 2.36. The summed E-state index contributed by atoms with van der Waals surface area (Å²) >= 11 is 0. The van der Waals surface area contributed by atoms with Gasteiger partial charge in [-0.15, -0.1) is 0 Å². The van der Waals surface area contributed by atoms with Crippen molar-refractivity contribution in [2.45, 2.75) is 186 Å². The summed E-state index contributed by atoms with van der Waals surface area (Å²) in [5.74, 6) is -0.946. The van der Waals surface area contributed by atoms with Gasteiger partial charge in [0.15, 0.2) is 6.10 Å². The highest BCUT2D eigenvalue weighted by molar-refractivity contribution is 7.45. The minimum atomic E-state index is -4.66. The Hall–Kier alpha value is -2.59. The van der Waals surface area contributed by atoms with Gasteiger partial charge in [-0.1, -0.05) is 151 Å². The maximum atomic E-state index is 12.7. The van der Waals surface area contributed by atoms with E-state index >= 15 is 0 Å². The first-order valence-electron chi connectivity index (χ1n) is 23.8. The molecule has 0 saturated carbocycles. The number of hydrogen-bond donors (Lipinski definition) is 0. The molecule has 350 valence electrons. The topological polar surface area (TPSA) is 124 Å². The van der Waals surface area contributed by atoms with Gasteiger partial charge in [-0.3, -0.25) is 14.2 Å². The highest BCUT2D eigenvalue weighted by Crippen LogP contribution is 2.38. The number of unbranched alkanes of at least 4 members (excludes halogenated alkanes) is 13. The van der Waals surface area contributed by atoms with Crippen LogP contribution in [0.3, 0.4) is 0 Å². The second kappa shape index (κ2) is 37.9. The molecule has 1 aliphatic rings. The van der Waals surface area contributed by atoms with Crippen LogP contribution >= 0.6 is 7.82 Å². The van der Waals surface area contributed by atoms with Crippen LogP contribution in [0.4, 0.5) is 0 Å². The normalized spacial score (nSPS) is 17.5. The molecule has 1 saturated heterocycles. The van der Waals surface area contributed by atoms with Crippen molar-refractivity contribution in [2.75, 3.05) is 47.5 Å². The SMILES string of the molecule is CC/C=C\CC1OC1C/C=C\C/C=C\C/C=C\C/C=C\CCC(=O)O[C@H](COC(=O)CCCCCCCCC/C=C\CCCCCCCC)COP(=O)([O-])OCC[N+](C)(C)C. The summed E-state index contributed by atoms with van der Waals surface area (Å²) in [6, 6.07) is 0. The average Bonchev–Trinajstić information content (AvgIpc) is 3.97. The standard InChI is InChI=1S/C50H86NO9P/c1-6-8-10-11-12-13-14-15-16-17-18-19-23-26-29-32-36-40-49(52)56-44-46(45-58-61(54,55)57-43-42-51(3,4)5)59-50(53)41-37-33-30-27-24-21-20-22-25-28-31-35-39-48-47(60-48)38-34-9-7-2/h9,15-16,21-22,24-25,30-31,33-35,46-48H,6-8,10-14,17-20,23,26-29,32,36-45H2,1-5H3/b16-15-,24-21-,25-22-,33-30-,34-9-,35-31-/t46-,47?,48?/m1/s1. The van der Waals surface area contributed by atoms with Crippen LogP contribution in [0.1, 0.15) is 168 Å². The molecule has 0 aliphatic carbocycles. The van der Waals surface area contributed by atoms with Crippen LogP contribution in [0.25, 0.3) is 0 Å². The second-order valence-corrected chi connectivity index (χ2v) is 18.5. The van der Waals surface area contributed by atoms with Crippen molar-refractivity contribution in [3.05, 3.63) is 72.9 Å².